The van der Waals surface area contributed by atoms with Crippen LogP contribution in [0.5, 0.6) is 5.75 Å². The smallest absolute Gasteiger partial charge is 0.121 e. The third kappa shape index (κ3) is 4.17. The Morgan fingerprint density at radius 2 is 1.89 bits per heavy atom. The molecule has 0 atom stereocenters. The van der Waals surface area contributed by atoms with Crippen LogP contribution in [0.25, 0.3) is 0 Å². The van der Waals surface area contributed by atoms with E-state index in [4.69, 9.17) is 9.84 Å². The van der Waals surface area contributed by atoms with Crippen LogP contribution in [0.3, 0.4) is 0 Å². The summed E-state index contributed by atoms with van der Waals surface area (Å²) in [6.45, 7) is 2.47. The lowest BCUT2D eigenvalue weighted by Gasteiger charge is -2.06. The van der Waals surface area contributed by atoms with Crippen molar-refractivity contribution in [2.24, 2.45) is 0 Å². The Kier molecular flexibility index (Phi) is 4.60. The standard InChI is InChI=1S/C17H16O2/c1-14-7-9-16(10-8-14)13-19-17-6-2-4-15(12-17)5-3-11-18/h2,4,6-10,12,18H,11,13H2,1H3. The Labute approximate surface area is 113 Å². The molecule has 0 unspecified atom stereocenters. The highest BCUT2D eigenvalue weighted by Crippen LogP contribution is 2.15. The van der Waals surface area contributed by atoms with Crippen molar-refractivity contribution in [2.75, 3.05) is 6.61 Å². The van der Waals surface area contributed by atoms with E-state index in [1.165, 1.54) is 5.56 Å². The SMILES string of the molecule is Cc1ccc(COc2cccc(C#CCO)c2)cc1. The van der Waals surface area contributed by atoms with E-state index < -0.39 is 0 Å². The largest absolute Gasteiger partial charge is 0.489 e. The number of aliphatic hydroxyl groups is 1. The van der Waals surface area contributed by atoms with Crippen LogP contribution in [0.15, 0.2) is 48.5 Å². The zero-order valence-electron chi connectivity index (χ0n) is 10.9. The van der Waals surface area contributed by atoms with Gasteiger partial charge in [0.15, 0.2) is 0 Å². The van der Waals surface area contributed by atoms with E-state index in [9.17, 15) is 0 Å². The summed E-state index contributed by atoms with van der Waals surface area (Å²) in [5, 5.41) is 8.67. The Hall–Kier alpha value is -2.24. The Balaban J connectivity index is 2.01. The summed E-state index contributed by atoms with van der Waals surface area (Å²) in [6.07, 6.45) is 0. The van der Waals surface area contributed by atoms with Crippen molar-refractivity contribution in [1.82, 2.24) is 0 Å². The molecular weight excluding hydrogens is 236 g/mol. The van der Waals surface area contributed by atoms with Gasteiger partial charge in [-0.05, 0) is 30.7 Å². The fraction of sp³-hybridized carbons (Fsp3) is 0.176. The quantitative estimate of drug-likeness (QED) is 0.851. The molecular formula is C17H16O2. The van der Waals surface area contributed by atoms with Gasteiger partial charge < -0.3 is 9.84 Å². The monoisotopic (exact) mass is 252 g/mol. The maximum Gasteiger partial charge on any atom is 0.121 e. The van der Waals surface area contributed by atoms with Gasteiger partial charge in [-0.1, -0.05) is 47.7 Å². The van der Waals surface area contributed by atoms with Crippen LogP contribution in [-0.2, 0) is 6.61 Å². The minimum absolute atomic E-state index is 0.131. The van der Waals surface area contributed by atoms with Gasteiger partial charge in [0.2, 0.25) is 0 Å². The molecule has 0 heterocycles. The van der Waals surface area contributed by atoms with Gasteiger partial charge >= 0.3 is 0 Å². The van der Waals surface area contributed by atoms with Crippen LogP contribution in [-0.4, -0.2) is 11.7 Å². The highest BCUT2D eigenvalue weighted by molar-refractivity contribution is 5.39. The van der Waals surface area contributed by atoms with E-state index in [2.05, 4.69) is 43.0 Å². The highest BCUT2D eigenvalue weighted by Gasteiger charge is 1.97. The van der Waals surface area contributed by atoms with Crippen LogP contribution >= 0.6 is 0 Å². The van der Waals surface area contributed by atoms with Gasteiger partial charge in [0.1, 0.15) is 19.0 Å². The first-order valence-electron chi connectivity index (χ1n) is 6.16. The average Bonchev–Trinajstić information content (AvgIpc) is 2.45. The summed E-state index contributed by atoms with van der Waals surface area (Å²) >= 11 is 0. The van der Waals surface area contributed by atoms with Crippen LogP contribution in [0.2, 0.25) is 0 Å². The number of aliphatic hydroxyl groups excluding tert-OH is 1. The van der Waals surface area contributed by atoms with Crippen molar-refractivity contribution in [2.45, 2.75) is 13.5 Å². The summed E-state index contributed by atoms with van der Waals surface area (Å²) < 4.78 is 5.72. The van der Waals surface area contributed by atoms with E-state index in [0.29, 0.717) is 6.61 Å². The molecule has 0 amide bonds. The molecule has 2 rings (SSSR count). The average molecular weight is 252 g/mol. The van der Waals surface area contributed by atoms with Gasteiger partial charge in [-0.25, -0.2) is 0 Å². The topological polar surface area (TPSA) is 29.5 Å². The molecule has 0 aliphatic rings. The maximum absolute atomic E-state index is 8.67. The molecule has 0 radical (unpaired) electrons. The second-order valence-electron chi connectivity index (χ2n) is 4.26. The summed E-state index contributed by atoms with van der Waals surface area (Å²) in [5.74, 6) is 6.26. The van der Waals surface area contributed by atoms with Crippen LogP contribution in [0.4, 0.5) is 0 Å². The molecule has 96 valence electrons. The van der Waals surface area contributed by atoms with E-state index >= 15 is 0 Å². The normalized spacial score (nSPS) is 9.58. The number of benzene rings is 2. The van der Waals surface area contributed by atoms with Crippen molar-refractivity contribution in [3.63, 3.8) is 0 Å². The van der Waals surface area contributed by atoms with E-state index in [1.54, 1.807) is 0 Å². The summed E-state index contributed by atoms with van der Waals surface area (Å²) in [6, 6.07) is 15.8. The second kappa shape index (κ2) is 6.63. The lowest BCUT2D eigenvalue weighted by molar-refractivity contribution is 0.306. The van der Waals surface area contributed by atoms with Gasteiger partial charge in [0.05, 0.1) is 0 Å². The molecule has 2 aromatic rings. The number of hydrogen-bond acceptors (Lipinski definition) is 2. The van der Waals surface area contributed by atoms with Gasteiger partial charge in [0, 0.05) is 5.56 Å². The Morgan fingerprint density at radius 3 is 2.63 bits per heavy atom. The lowest BCUT2D eigenvalue weighted by atomic mass is 10.2. The Morgan fingerprint density at radius 1 is 1.11 bits per heavy atom. The first kappa shape index (κ1) is 13.2. The summed E-state index contributed by atoms with van der Waals surface area (Å²) in [4.78, 5) is 0. The van der Waals surface area contributed by atoms with E-state index in [1.807, 2.05) is 24.3 Å². The lowest BCUT2D eigenvalue weighted by Crippen LogP contribution is -1.95. The minimum Gasteiger partial charge on any atom is -0.489 e. The van der Waals surface area contributed by atoms with E-state index in [-0.39, 0.29) is 6.61 Å². The molecule has 2 aromatic carbocycles. The third-order valence-electron chi connectivity index (χ3n) is 2.67. The zero-order valence-corrected chi connectivity index (χ0v) is 10.9. The number of rotatable bonds is 3. The molecule has 0 fully saturated rings. The van der Waals surface area contributed by atoms with Crippen molar-refractivity contribution >= 4 is 0 Å². The van der Waals surface area contributed by atoms with Crippen LogP contribution in [0.1, 0.15) is 16.7 Å². The molecule has 0 aliphatic heterocycles. The van der Waals surface area contributed by atoms with Crippen molar-refractivity contribution in [3.8, 4) is 17.6 Å². The number of hydrogen-bond donors (Lipinski definition) is 1. The molecule has 19 heavy (non-hydrogen) atoms. The predicted octanol–water partition coefficient (Wildman–Crippen LogP) is 2.92. The molecule has 0 saturated heterocycles. The summed E-state index contributed by atoms with van der Waals surface area (Å²) in [5.41, 5.74) is 3.22. The highest BCUT2D eigenvalue weighted by atomic mass is 16.5. The fourth-order valence-electron chi connectivity index (χ4n) is 1.66. The maximum atomic E-state index is 8.67. The molecule has 0 aliphatic carbocycles. The minimum atomic E-state index is -0.131. The molecule has 1 N–H and O–H groups in total. The van der Waals surface area contributed by atoms with E-state index in [0.717, 1.165) is 16.9 Å². The number of aryl methyl sites for hydroxylation is 1. The van der Waals surface area contributed by atoms with Gasteiger partial charge in [-0.2, -0.15) is 0 Å². The van der Waals surface area contributed by atoms with Crippen molar-refractivity contribution < 1.29 is 9.84 Å². The first-order chi connectivity index (χ1) is 9.28. The Bertz CT molecular complexity index is 589. The van der Waals surface area contributed by atoms with Crippen molar-refractivity contribution in [1.29, 1.82) is 0 Å². The van der Waals surface area contributed by atoms with Gasteiger partial charge in [-0.15, -0.1) is 0 Å². The first-order valence-corrected chi connectivity index (χ1v) is 6.16. The third-order valence-corrected chi connectivity index (χ3v) is 2.67. The zero-order chi connectivity index (χ0) is 13.5. The molecule has 2 nitrogen and oxygen atoms in total. The van der Waals surface area contributed by atoms with Gasteiger partial charge in [-0.3, -0.25) is 0 Å². The van der Waals surface area contributed by atoms with Crippen LogP contribution in [0, 0.1) is 18.8 Å². The van der Waals surface area contributed by atoms with Crippen LogP contribution < -0.4 is 4.74 Å². The van der Waals surface area contributed by atoms with Crippen molar-refractivity contribution in [3.05, 3.63) is 65.2 Å². The fourth-order valence-corrected chi connectivity index (χ4v) is 1.66. The second-order valence-corrected chi connectivity index (χ2v) is 4.26. The number of ether oxygens (including phenoxy) is 1. The summed E-state index contributed by atoms with van der Waals surface area (Å²) in [7, 11) is 0. The molecule has 0 aromatic heterocycles. The predicted molar refractivity (Wildman–Crippen MR) is 75.9 cm³/mol. The molecule has 0 saturated carbocycles. The molecule has 2 heteroatoms. The molecule has 0 spiro atoms. The van der Waals surface area contributed by atoms with Gasteiger partial charge in [0.25, 0.3) is 0 Å². The molecule has 0 bridgehead atoms.